The first-order valence-corrected chi connectivity index (χ1v) is 18.2. The normalized spacial score (nSPS) is 13.9. The maximum absolute atomic E-state index is 14.0. The van der Waals surface area contributed by atoms with Crippen LogP contribution in [0.1, 0.15) is 103 Å². The third kappa shape index (κ3) is 11.4. The van der Waals surface area contributed by atoms with Crippen LogP contribution < -0.4 is 26.4 Å². The molecule has 298 valence electrons. The van der Waals surface area contributed by atoms with Gasteiger partial charge in [-0.2, -0.15) is 0 Å². The second-order valence-corrected chi connectivity index (χ2v) is 14.5. The van der Waals surface area contributed by atoms with E-state index < -0.39 is 47.8 Å². The first kappa shape index (κ1) is 42.5. The minimum absolute atomic E-state index is 0.0854. The predicted molar refractivity (Wildman–Crippen MR) is 210 cm³/mol. The number of amidine groups is 1. The van der Waals surface area contributed by atoms with Crippen molar-refractivity contribution in [3.05, 3.63) is 83.2 Å². The SMILES string of the molecule is C=Cc1cc(C(=O)Nc2ccc(C(=N)N)cc2)c(-c2ccc(C(=O)NCC3CC3)nc2C(=O)OC(C)OC(=O)[C@@H](NC(=O)OC(C)(C)C)[C@@H](C)CC)cc1OC. The van der Waals surface area contributed by atoms with Crippen molar-refractivity contribution < 1.29 is 42.9 Å². The van der Waals surface area contributed by atoms with Gasteiger partial charge in [0.2, 0.25) is 6.29 Å². The number of methoxy groups -OCH3 is 1. The Labute approximate surface area is 326 Å². The third-order valence-corrected chi connectivity index (χ3v) is 8.84. The van der Waals surface area contributed by atoms with Gasteiger partial charge < -0.3 is 40.6 Å². The molecule has 1 aliphatic rings. The molecule has 56 heavy (non-hydrogen) atoms. The molecule has 15 nitrogen and oxygen atoms in total. The third-order valence-electron chi connectivity index (χ3n) is 8.84. The number of nitrogens with one attached hydrogen (secondary N) is 4. The van der Waals surface area contributed by atoms with Crippen molar-refractivity contribution in [2.75, 3.05) is 19.0 Å². The zero-order valence-electron chi connectivity index (χ0n) is 32.7. The molecule has 3 amide bonds. The molecule has 15 heteroatoms. The molecule has 3 aromatic rings. The second kappa shape index (κ2) is 18.4. The van der Waals surface area contributed by atoms with Gasteiger partial charge in [-0.05, 0) is 94.0 Å². The van der Waals surface area contributed by atoms with E-state index in [2.05, 4.69) is 27.5 Å². The number of hydrogen-bond donors (Lipinski definition) is 5. The first-order chi connectivity index (χ1) is 26.4. The van der Waals surface area contributed by atoms with Crippen molar-refractivity contribution in [3.63, 3.8) is 0 Å². The second-order valence-electron chi connectivity index (χ2n) is 14.5. The number of nitrogens with zero attached hydrogens (tertiary/aromatic N) is 1. The average Bonchev–Trinajstić information content (AvgIpc) is 3.99. The zero-order valence-corrected chi connectivity index (χ0v) is 32.7. The summed E-state index contributed by atoms with van der Waals surface area (Å²) in [5.74, 6) is -2.86. The van der Waals surface area contributed by atoms with E-state index in [9.17, 15) is 24.0 Å². The van der Waals surface area contributed by atoms with E-state index >= 15 is 0 Å². The van der Waals surface area contributed by atoms with Crippen LogP contribution in [0.25, 0.3) is 17.2 Å². The highest BCUT2D eigenvalue weighted by Crippen LogP contribution is 2.35. The molecule has 1 heterocycles. The molecule has 1 unspecified atom stereocenters. The fourth-order valence-corrected chi connectivity index (χ4v) is 5.45. The summed E-state index contributed by atoms with van der Waals surface area (Å²) in [7, 11) is 1.43. The number of pyridine rings is 1. The van der Waals surface area contributed by atoms with E-state index in [0.717, 1.165) is 12.8 Å². The molecule has 0 spiro atoms. The number of benzene rings is 2. The molecular formula is C41H50N6O9. The smallest absolute Gasteiger partial charge is 0.408 e. The Balaban J connectivity index is 1.72. The van der Waals surface area contributed by atoms with Crippen LogP contribution in [-0.2, 0) is 19.0 Å². The fourth-order valence-electron chi connectivity index (χ4n) is 5.45. The number of hydrogen-bond acceptors (Lipinski definition) is 11. The van der Waals surface area contributed by atoms with Crippen LogP contribution in [-0.4, -0.2) is 72.3 Å². The zero-order chi connectivity index (χ0) is 41.3. The van der Waals surface area contributed by atoms with E-state index in [1.807, 2.05) is 6.92 Å². The van der Waals surface area contributed by atoms with E-state index in [4.69, 9.17) is 30.1 Å². The van der Waals surface area contributed by atoms with Gasteiger partial charge in [0.1, 0.15) is 28.9 Å². The van der Waals surface area contributed by atoms with Gasteiger partial charge in [0.05, 0.1) is 7.11 Å². The Morgan fingerprint density at radius 3 is 2.25 bits per heavy atom. The number of carbonyl (C=O) groups excluding carboxylic acids is 5. The lowest BCUT2D eigenvalue weighted by Gasteiger charge is -2.26. The standard InChI is InChI=1S/C41H50N6O9/c1-9-22(3)33(47-40(52)56-41(5,6)7)38(50)54-23(4)55-39(51)34-28(17-18-31(46-34)37(49)44-21-24-11-12-24)29-20-32(53-8)25(10-2)19-30(29)36(48)45-27-15-13-26(14-16-27)35(42)43/h10,13-20,22-24,33H,2,9,11-12,21H2,1,3-8H3,(H3,42,43)(H,44,49)(H,45,48)(H,47,52)/t22-,23?,33-/m0/s1. The van der Waals surface area contributed by atoms with Gasteiger partial charge in [0.15, 0.2) is 5.69 Å². The maximum atomic E-state index is 14.0. The molecule has 1 aliphatic carbocycles. The predicted octanol–water partition coefficient (Wildman–Crippen LogP) is 6.06. The van der Waals surface area contributed by atoms with E-state index in [1.165, 1.54) is 44.4 Å². The Hall–Kier alpha value is -6.25. The molecule has 0 saturated heterocycles. The van der Waals surface area contributed by atoms with E-state index in [-0.39, 0.29) is 39.8 Å². The van der Waals surface area contributed by atoms with Crippen molar-refractivity contribution in [2.24, 2.45) is 17.6 Å². The van der Waals surface area contributed by atoms with Crippen LogP contribution in [0.3, 0.4) is 0 Å². The highest BCUT2D eigenvalue weighted by atomic mass is 16.7. The molecule has 3 atom stereocenters. The number of aromatic nitrogens is 1. The van der Waals surface area contributed by atoms with Crippen molar-refractivity contribution in [3.8, 4) is 16.9 Å². The summed E-state index contributed by atoms with van der Waals surface area (Å²) in [5, 5.41) is 15.8. The maximum Gasteiger partial charge on any atom is 0.408 e. The van der Waals surface area contributed by atoms with Crippen LogP contribution in [0.15, 0.2) is 55.1 Å². The minimum atomic E-state index is -1.48. The largest absolute Gasteiger partial charge is 0.496 e. The van der Waals surface area contributed by atoms with Crippen molar-refractivity contribution in [2.45, 2.75) is 78.7 Å². The number of carbonyl (C=O) groups is 5. The van der Waals surface area contributed by atoms with Gasteiger partial charge in [0, 0.05) is 47.0 Å². The van der Waals surface area contributed by atoms with Gasteiger partial charge in [-0.25, -0.2) is 19.4 Å². The Kier molecular flexibility index (Phi) is 14.0. The molecular weight excluding hydrogens is 720 g/mol. The van der Waals surface area contributed by atoms with E-state index in [0.29, 0.717) is 41.4 Å². The highest BCUT2D eigenvalue weighted by molar-refractivity contribution is 6.11. The van der Waals surface area contributed by atoms with Gasteiger partial charge in [-0.1, -0.05) is 32.9 Å². The van der Waals surface area contributed by atoms with Gasteiger partial charge in [-0.3, -0.25) is 15.0 Å². The van der Waals surface area contributed by atoms with Crippen molar-refractivity contribution in [1.82, 2.24) is 15.6 Å². The quantitative estimate of drug-likeness (QED) is 0.0487. The Bertz CT molecular complexity index is 1990. The summed E-state index contributed by atoms with van der Waals surface area (Å²) in [5.41, 5.74) is 6.03. The fraction of sp³-hybridized carbons (Fsp3) is 0.390. The molecule has 0 radical (unpaired) electrons. The summed E-state index contributed by atoms with van der Waals surface area (Å²) in [6.45, 7) is 14.2. The molecule has 1 saturated carbocycles. The van der Waals surface area contributed by atoms with Crippen molar-refractivity contribution in [1.29, 1.82) is 5.41 Å². The minimum Gasteiger partial charge on any atom is -0.496 e. The molecule has 0 aliphatic heterocycles. The number of nitrogens with two attached hydrogens (primary N) is 1. The molecule has 4 rings (SSSR count). The molecule has 1 aromatic heterocycles. The van der Waals surface area contributed by atoms with Crippen molar-refractivity contribution >= 4 is 47.4 Å². The summed E-state index contributed by atoms with van der Waals surface area (Å²) in [6.07, 6.45) is 1.70. The summed E-state index contributed by atoms with van der Waals surface area (Å²) in [6, 6.07) is 11.2. The number of ether oxygens (including phenoxy) is 4. The van der Waals surface area contributed by atoms with Gasteiger partial charge in [0.25, 0.3) is 11.8 Å². The average molecular weight is 771 g/mol. The number of rotatable bonds is 16. The number of anilines is 1. The Morgan fingerprint density at radius 2 is 1.68 bits per heavy atom. The highest BCUT2D eigenvalue weighted by Gasteiger charge is 2.32. The lowest BCUT2D eigenvalue weighted by atomic mass is 9.94. The van der Waals surface area contributed by atoms with Crippen LogP contribution in [0.2, 0.25) is 0 Å². The number of amides is 3. The lowest BCUT2D eigenvalue weighted by Crippen LogP contribution is -2.48. The van der Waals surface area contributed by atoms with Crippen LogP contribution >= 0.6 is 0 Å². The summed E-state index contributed by atoms with van der Waals surface area (Å²) >= 11 is 0. The monoisotopic (exact) mass is 770 g/mol. The topological polar surface area (TPSA) is 221 Å². The number of nitrogen functional groups attached to an aromatic ring is 1. The van der Waals surface area contributed by atoms with Crippen LogP contribution in [0, 0.1) is 17.2 Å². The Morgan fingerprint density at radius 1 is 1.00 bits per heavy atom. The van der Waals surface area contributed by atoms with Gasteiger partial charge in [-0.15, -0.1) is 0 Å². The lowest BCUT2D eigenvalue weighted by molar-refractivity contribution is -0.169. The number of esters is 2. The van der Waals surface area contributed by atoms with E-state index in [1.54, 1.807) is 52.0 Å². The van der Waals surface area contributed by atoms with Crippen LogP contribution in [0.4, 0.5) is 10.5 Å². The van der Waals surface area contributed by atoms with Gasteiger partial charge >= 0.3 is 18.0 Å². The molecule has 0 bridgehead atoms. The van der Waals surface area contributed by atoms with Crippen LogP contribution in [0.5, 0.6) is 5.75 Å². The summed E-state index contributed by atoms with van der Waals surface area (Å²) in [4.78, 5) is 71.5. The molecule has 2 aromatic carbocycles. The number of alkyl carbamates (subject to hydrolysis) is 1. The first-order valence-electron chi connectivity index (χ1n) is 18.2. The molecule has 6 N–H and O–H groups in total. The molecule has 1 fully saturated rings. The summed E-state index contributed by atoms with van der Waals surface area (Å²) < 4.78 is 22.0.